The van der Waals surface area contributed by atoms with Crippen molar-refractivity contribution in [3.05, 3.63) is 95.4 Å². The van der Waals surface area contributed by atoms with Crippen LogP contribution in [0.2, 0.25) is 5.02 Å². The highest BCUT2D eigenvalue weighted by molar-refractivity contribution is 7.07. The van der Waals surface area contributed by atoms with E-state index in [9.17, 15) is 14.0 Å². The van der Waals surface area contributed by atoms with Gasteiger partial charge in [-0.05, 0) is 38.1 Å². The monoisotopic (exact) mass is 486 g/mol. The average molecular weight is 487 g/mol. The summed E-state index contributed by atoms with van der Waals surface area (Å²) in [5.74, 6) is -0.607. The maximum Gasteiger partial charge on any atom is 0.338 e. The predicted octanol–water partition coefficient (Wildman–Crippen LogP) is 3.60. The van der Waals surface area contributed by atoms with E-state index < -0.39 is 23.4 Å². The van der Waals surface area contributed by atoms with Crippen molar-refractivity contribution in [2.24, 2.45) is 4.99 Å². The van der Waals surface area contributed by atoms with Gasteiger partial charge in [-0.25, -0.2) is 14.2 Å². The Morgan fingerprint density at radius 2 is 2.03 bits per heavy atom. The molecule has 9 heteroatoms. The van der Waals surface area contributed by atoms with Crippen LogP contribution in [0.1, 0.15) is 31.0 Å². The summed E-state index contributed by atoms with van der Waals surface area (Å²) in [5.41, 5.74) is 0.960. The zero-order chi connectivity index (χ0) is 23.7. The molecular weight excluding hydrogens is 467 g/mol. The van der Waals surface area contributed by atoms with E-state index in [-0.39, 0.29) is 27.3 Å². The first kappa shape index (κ1) is 22.9. The number of fused-ring (bicyclic) bond motifs is 1. The van der Waals surface area contributed by atoms with Crippen molar-refractivity contribution in [3.8, 4) is 5.75 Å². The number of carbonyl (C=O) groups is 1. The third-order valence-electron chi connectivity index (χ3n) is 5.23. The highest BCUT2D eigenvalue weighted by Crippen LogP contribution is 2.35. The molecule has 0 fully saturated rings. The number of ether oxygens (including phenoxy) is 2. The molecule has 6 nitrogen and oxygen atoms in total. The topological polar surface area (TPSA) is 69.9 Å². The van der Waals surface area contributed by atoms with E-state index in [0.717, 1.165) is 11.3 Å². The van der Waals surface area contributed by atoms with Gasteiger partial charge in [0.25, 0.3) is 5.56 Å². The minimum absolute atomic E-state index is 0.111. The summed E-state index contributed by atoms with van der Waals surface area (Å²) in [7, 11) is 1.52. The predicted molar refractivity (Wildman–Crippen MR) is 125 cm³/mol. The van der Waals surface area contributed by atoms with Crippen LogP contribution in [0.15, 0.2) is 63.5 Å². The highest BCUT2D eigenvalue weighted by Gasteiger charge is 2.34. The van der Waals surface area contributed by atoms with Gasteiger partial charge in [-0.3, -0.25) is 9.36 Å². The molecule has 0 saturated carbocycles. The number of carbonyl (C=O) groups excluding carboxylic acids is 1. The lowest BCUT2D eigenvalue weighted by atomic mass is 9.95. The lowest BCUT2D eigenvalue weighted by Gasteiger charge is -2.25. The van der Waals surface area contributed by atoms with Crippen molar-refractivity contribution in [1.29, 1.82) is 0 Å². The minimum Gasteiger partial charge on any atom is -0.496 e. The molecule has 0 aliphatic carbocycles. The summed E-state index contributed by atoms with van der Waals surface area (Å²) in [6.07, 6.45) is 1.41. The van der Waals surface area contributed by atoms with Crippen LogP contribution in [0.5, 0.6) is 5.75 Å². The number of methoxy groups -OCH3 is 1. The Kier molecular flexibility index (Phi) is 6.49. The zero-order valence-electron chi connectivity index (χ0n) is 18.1. The molecule has 1 aliphatic heterocycles. The second kappa shape index (κ2) is 9.33. The number of esters is 1. The second-order valence-corrected chi connectivity index (χ2v) is 8.60. The molecule has 0 N–H and O–H groups in total. The first-order valence-corrected chi connectivity index (χ1v) is 11.3. The Labute approximate surface area is 197 Å². The first-order valence-electron chi connectivity index (χ1n) is 10.1. The van der Waals surface area contributed by atoms with E-state index >= 15 is 0 Å². The van der Waals surface area contributed by atoms with Crippen molar-refractivity contribution in [2.45, 2.75) is 19.9 Å². The summed E-state index contributed by atoms with van der Waals surface area (Å²) in [6.45, 7) is 3.57. The number of thiazole rings is 1. The fourth-order valence-electron chi connectivity index (χ4n) is 3.76. The largest absolute Gasteiger partial charge is 0.496 e. The second-order valence-electron chi connectivity index (χ2n) is 7.18. The van der Waals surface area contributed by atoms with Crippen LogP contribution in [0.4, 0.5) is 4.39 Å². The van der Waals surface area contributed by atoms with Gasteiger partial charge in [0, 0.05) is 11.1 Å². The van der Waals surface area contributed by atoms with E-state index in [2.05, 4.69) is 4.99 Å². The van der Waals surface area contributed by atoms with Gasteiger partial charge in [0.05, 0.1) is 34.5 Å². The van der Waals surface area contributed by atoms with E-state index in [1.165, 1.54) is 29.9 Å². The van der Waals surface area contributed by atoms with Crippen molar-refractivity contribution < 1.29 is 18.7 Å². The molecule has 170 valence electrons. The van der Waals surface area contributed by atoms with E-state index in [0.29, 0.717) is 21.8 Å². The molecule has 1 atom stereocenters. The normalized spacial score (nSPS) is 15.8. The van der Waals surface area contributed by atoms with Gasteiger partial charge < -0.3 is 9.47 Å². The van der Waals surface area contributed by atoms with Crippen LogP contribution in [0.25, 0.3) is 6.08 Å². The Hall–Kier alpha value is -3.23. The average Bonchev–Trinajstić information content (AvgIpc) is 3.10. The van der Waals surface area contributed by atoms with Crippen LogP contribution >= 0.6 is 22.9 Å². The van der Waals surface area contributed by atoms with Crippen LogP contribution in [0, 0.1) is 5.82 Å². The zero-order valence-corrected chi connectivity index (χ0v) is 19.7. The maximum atomic E-state index is 14.4. The fraction of sp³-hybridized carbons (Fsp3) is 0.208. The Balaban J connectivity index is 2.03. The number of nitrogens with zero attached hydrogens (tertiary/aromatic N) is 2. The SMILES string of the molecule is CCOC(=O)C1=C(C)N=c2sc(=Cc3c(F)cccc3Cl)c(=O)n2C1c1ccccc1OC. The molecule has 1 unspecified atom stereocenters. The van der Waals surface area contributed by atoms with Gasteiger partial charge in [-0.15, -0.1) is 0 Å². The molecular formula is C24H20ClFN2O4S. The summed E-state index contributed by atoms with van der Waals surface area (Å²) in [6, 6.07) is 10.6. The van der Waals surface area contributed by atoms with Crippen LogP contribution in [0.3, 0.4) is 0 Å². The number of hydrogen-bond donors (Lipinski definition) is 0. The quantitative estimate of drug-likeness (QED) is 0.517. The van der Waals surface area contributed by atoms with Gasteiger partial charge in [0.1, 0.15) is 17.6 Å². The maximum absolute atomic E-state index is 14.4. The number of rotatable bonds is 5. The lowest BCUT2D eigenvalue weighted by Crippen LogP contribution is -2.40. The molecule has 3 aromatic rings. The van der Waals surface area contributed by atoms with Gasteiger partial charge in [-0.2, -0.15) is 0 Å². The fourth-order valence-corrected chi connectivity index (χ4v) is 5.00. The summed E-state index contributed by atoms with van der Waals surface area (Å²) in [4.78, 5) is 31.4. The molecule has 0 spiro atoms. The molecule has 0 radical (unpaired) electrons. The molecule has 2 heterocycles. The van der Waals surface area contributed by atoms with E-state index in [4.69, 9.17) is 21.1 Å². The number of aromatic nitrogens is 1. The van der Waals surface area contributed by atoms with E-state index in [1.807, 2.05) is 0 Å². The number of allylic oxidation sites excluding steroid dienone is 1. The van der Waals surface area contributed by atoms with Crippen molar-refractivity contribution in [3.63, 3.8) is 0 Å². The van der Waals surface area contributed by atoms with Crippen molar-refractivity contribution >= 4 is 35.0 Å². The van der Waals surface area contributed by atoms with Gasteiger partial charge >= 0.3 is 5.97 Å². The van der Waals surface area contributed by atoms with Gasteiger partial charge in [0.2, 0.25) is 0 Å². The minimum atomic E-state index is -0.824. The van der Waals surface area contributed by atoms with Crippen LogP contribution in [-0.2, 0) is 9.53 Å². The molecule has 2 aromatic carbocycles. The first-order chi connectivity index (χ1) is 15.9. The van der Waals surface area contributed by atoms with Crippen molar-refractivity contribution in [2.75, 3.05) is 13.7 Å². The summed E-state index contributed by atoms with van der Waals surface area (Å²) >= 11 is 7.25. The molecule has 0 amide bonds. The smallest absolute Gasteiger partial charge is 0.338 e. The van der Waals surface area contributed by atoms with Gasteiger partial charge in [-0.1, -0.05) is 47.2 Å². The Morgan fingerprint density at radius 3 is 2.73 bits per heavy atom. The third kappa shape index (κ3) is 4.12. The third-order valence-corrected chi connectivity index (χ3v) is 6.54. The number of hydrogen-bond acceptors (Lipinski definition) is 6. The number of benzene rings is 2. The van der Waals surface area contributed by atoms with Crippen molar-refractivity contribution in [1.82, 2.24) is 4.57 Å². The van der Waals surface area contributed by atoms with Crippen LogP contribution in [-0.4, -0.2) is 24.3 Å². The molecule has 0 bridgehead atoms. The van der Waals surface area contributed by atoms with Gasteiger partial charge in [0.15, 0.2) is 4.80 Å². The molecule has 1 aliphatic rings. The summed E-state index contributed by atoms with van der Waals surface area (Å²) in [5, 5.41) is 0.186. The van der Waals surface area contributed by atoms with Crippen LogP contribution < -0.4 is 19.6 Å². The molecule has 4 rings (SSSR count). The Bertz CT molecular complexity index is 1440. The van der Waals surface area contributed by atoms with E-state index in [1.54, 1.807) is 44.2 Å². The molecule has 33 heavy (non-hydrogen) atoms. The summed E-state index contributed by atoms with van der Waals surface area (Å²) < 4.78 is 26.8. The lowest BCUT2D eigenvalue weighted by molar-refractivity contribution is -0.139. The highest BCUT2D eigenvalue weighted by atomic mass is 35.5. The molecule has 1 aromatic heterocycles. The standard InChI is InChI=1S/C24H20ClFN2O4S/c1-4-32-23(30)20-13(2)27-24-28(21(20)14-8-5-6-11-18(14)31-3)22(29)19(33-24)12-15-16(25)9-7-10-17(15)26/h5-12,21H,4H2,1-3H3. The number of para-hydroxylation sites is 1. The molecule has 0 saturated heterocycles. The Morgan fingerprint density at radius 1 is 1.27 bits per heavy atom. The number of halogens is 2.